The monoisotopic (exact) mass is 403 g/mol. The van der Waals surface area contributed by atoms with Crippen LogP contribution in [0, 0.1) is 11.3 Å². The fourth-order valence-electron chi connectivity index (χ4n) is 4.16. The van der Waals surface area contributed by atoms with Gasteiger partial charge in [-0.25, -0.2) is 13.4 Å². The minimum Gasteiger partial charge on any atom is -0.382 e. The highest BCUT2D eigenvalue weighted by Gasteiger charge is 2.43. The summed E-state index contributed by atoms with van der Waals surface area (Å²) >= 11 is 1.20. The first-order valence-corrected chi connectivity index (χ1v) is 11.3. The summed E-state index contributed by atoms with van der Waals surface area (Å²) in [5.41, 5.74) is 1.19. The Morgan fingerprint density at radius 2 is 2.07 bits per heavy atom. The molecule has 0 radical (unpaired) electrons. The van der Waals surface area contributed by atoms with E-state index in [0.29, 0.717) is 16.4 Å². The van der Waals surface area contributed by atoms with Crippen LogP contribution in [-0.2, 0) is 10.0 Å². The molecule has 0 bridgehead atoms. The van der Waals surface area contributed by atoms with Crippen LogP contribution in [0.2, 0.25) is 0 Å². The highest BCUT2D eigenvalue weighted by molar-refractivity contribution is 7.93. The molecule has 3 heterocycles. The van der Waals surface area contributed by atoms with Crippen molar-refractivity contribution in [3.63, 3.8) is 0 Å². The number of hydrogen-bond acceptors (Lipinski definition) is 7. The van der Waals surface area contributed by atoms with Crippen molar-refractivity contribution in [2.75, 3.05) is 29.7 Å². The standard InChI is InChI=1S/C18H21N5O2S2/c19-12-14-11-15(27(24,25)22-17-20-7-10-26-17)3-4-16(14)21-13-18-5-1-8-23(18)9-2-6-18/h3-4,7,10-11,21H,1-2,5-6,8-9,13H2,(H,20,22). The predicted octanol–water partition coefficient (Wildman–Crippen LogP) is 2.86. The first-order chi connectivity index (χ1) is 13.0. The van der Waals surface area contributed by atoms with Crippen LogP contribution in [-0.4, -0.2) is 43.5 Å². The van der Waals surface area contributed by atoms with Gasteiger partial charge in [-0.15, -0.1) is 11.3 Å². The highest BCUT2D eigenvalue weighted by Crippen LogP contribution is 2.39. The lowest BCUT2D eigenvalue weighted by Crippen LogP contribution is -2.44. The number of aromatic nitrogens is 1. The summed E-state index contributed by atoms with van der Waals surface area (Å²) in [4.78, 5) is 6.54. The van der Waals surface area contributed by atoms with Crippen molar-refractivity contribution in [2.24, 2.45) is 0 Å². The Labute approximate surface area is 163 Å². The maximum Gasteiger partial charge on any atom is 0.263 e. The number of hydrogen-bond donors (Lipinski definition) is 2. The molecular formula is C18H21N5O2S2. The van der Waals surface area contributed by atoms with Crippen LogP contribution < -0.4 is 10.0 Å². The van der Waals surface area contributed by atoms with E-state index in [1.54, 1.807) is 11.4 Å². The van der Waals surface area contributed by atoms with Crippen molar-refractivity contribution < 1.29 is 8.42 Å². The zero-order chi connectivity index (χ0) is 18.9. The highest BCUT2D eigenvalue weighted by atomic mass is 32.2. The molecule has 7 nitrogen and oxygen atoms in total. The molecule has 0 spiro atoms. The third-order valence-electron chi connectivity index (χ3n) is 5.49. The van der Waals surface area contributed by atoms with E-state index < -0.39 is 10.0 Å². The molecule has 2 N–H and O–H groups in total. The maximum atomic E-state index is 12.5. The summed E-state index contributed by atoms with van der Waals surface area (Å²) in [6.45, 7) is 3.07. The van der Waals surface area contributed by atoms with Gasteiger partial charge in [-0.1, -0.05) is 0 Å². The number of nitrogens with zero attached hydrogens (tertiary/aromatic N) is 3. The Balaban J connectivity index is 1.52. The Hall–Kier alpha value is -2.15. The van der Waals surface area contributed by atoms with Crippen LogP contribution in [0.25, 0.3) is 0 Å². The zero-order valence-electron chi connectivity index (χ0n) is 14.8. The fraction of sp³-hybridized carbons (Fsp3) is 0.444. The molecule has 4 rings (SSSR count). The van der Waals surface area contributed by atoms with Crippen molar-refractivity contribution in [3.8, 4) is 6.07 Å². The zero-order valence-corrected chi connectivity index (χ0v) is 16.4. The molecule has 1 aromatic heterocycles. The quantitative estimate of drug-likeness (QED) is 0.770. The topological polar surface area (TPSA) is 98.1 Å². The molecule has 0 unspecified atom stereocenters. The normalized spacial score (nSPS) is 18.8. The van der Waals surface area contributed by atoms with Gasteiger partial charge in [-0.3, -0.25) is 9.62 Å². The molecule has 2 fully saturated rings. The molecule has 142 valence electrons. The Bertz CT molecular complexity index is 956. The minimum atomic E-state index is -3.77. The van der Waals surface area contributed by atoms with E-state index in [4.69, 9.17) is 0 Å². The molecule has 1 aromatic carbocycles. The average Bonchev–Trinajstić information content (AvgIpc) is 3.36. The van der Waals surface area contributed by atoms with Gasteiger partial charge in [0.05, 0.1) is 16.1 Å². The van der Waals surface area contributed by atoms with Gasteiger partial charge >= 0.3 is 0 Å². The smallest absolute Gasteiger partial charge is 0.263 e. The van der Waals surface area contributed by atoms with Crippen LogP contribution in [0.3, 0.4) is 0 Å². The van der Waals surface area contributed by atoms with Gasteiger partial charge in [0.15, 0.2) is 5.13 Å². The van der Waals surface area contributed by atoms with Crippen molar-refractivity contribution in [2.45, 2.75) is 36.1 Å². The van der Waals surface area contributed by atoms with Gasteiger partial charge < -0.3 is 5.32 Å². The summed E-state index contributed by atoms with van der Waals surface area (Å²) in [6, 6.07) is 6.74. The lowest BCUT2D eigenvalue weighted by atomic mass is 9.94. The summed E-state index contributed by atoms with van der Waals surface area (Å²) in [7, 11) is -3.77. The fourth-order valence-corrected chi connectivity index (χ4v) is 5.97. The van der Waals surface area contributed by atoms with E-state index in [-0.39, 0.29) is 10.4 Å². The molecule has 2 saturated heterocycles. The molecule has 0 amide bonds. The molecule has 0 atom stereocenters. The van der Waals surface area contributed by atoms with E-state index in [1.807, 2.05) is 0 Å². The number of anilines is 2. The lowest BCUT2D eigenvalue weighted by molar-refractivity contribution is 0.209. The van der Waals surface area contributed by atoms with E-state index in [2.05, 4.69) is 26.0 Å². The van der Waals surface area contributed by atoms with Crippen molar-refractivity contribution in [1.29, 1.82) is 5.26 Å². The van der Waals surface area contributed by atoms with Gasteiger partial charge in [-0.05, 0) is 57.0 Å². The Morgan fingerprint density at radius 3 is 2.74 bits per heavy atom. The molecule has 0 saturated carbocycles. The lowest BCUT2D eigenvalue weighted by Gasteiger charge is -2.32. The maximum absolute atomic E-state index is 12.5. The van der Waals surface area contributed by atoms with E-state index in [9.17, 15) is 13.7 Å². The second kappa shape index (κ2) is 7.11. The predicted molar refractivity (Wildman–Crippen MR) is 105 cm³/mol. The molecule has 0 aliphatic carbocycles. The molecule has 2 aliphatic rings. The van der Waals surface area contributed by atoms with Crippen molar-refractivity contribution in [1.82, 2.24) is 9.88 Å². The summed E-state index contributed by atoms with van der Waals surface area (Å²) in [5, 5.41) is 14.9. The first kappa shape index (κ1) is 18.2. The number of fused-ring (bicyclic) bond motifs is 1. The second-order valence-corrected chi connectivity index (χ2v) is 9.61. The van der Waals surface area contributed by atoms with Gasteiger partial charge in [-0.2, -0.15) is 5.26 Å². The number of thiazole rings is 1. The largest absolute Gasteiger partial charge is 0.382 e. The Morgan fingerprint density at radius 1 is 1.30 bits per heavy atom. The van der Waals surface area contributed by atoms with Crippen LogP contribution in [0.5, 0.6) is 0 Å². The van der Waals surface area contributed by atoms with Crippen LogP contribution >= 0.6 is 11.3 Å². The summed E-state index contributed by atoms with van der Waals surface area (Å²) in [6.07, 6.45) is 6.31. The van der Waals surface area contributed by atoms with Gasteiger partial charge in [0.2, 0.25) is 0 Å². The van der Waals surface area contributed by atoms with Crippen molar-refractivity contribution in [3.05, 3.63) is 35.3 Å². The molecular weight excluding hydrogens is 382 g/mol. The van der Waals surface area contributed by atoms with Crippen LogP contribution in [0.1, 0.15) is 31.2 Å². The molecule has 27 heavy (non-hydrogen) atoms. The molecule has 2 aromatic rings. The summed E-state index contributed by atoms with van der Waals surface area (Å²) in [5.74, 6) is 0. The first-order valence-electron chi connectivity index (χ1n) is 8.98. The molecule has 9 heteroatoms. The summed E-state index contributed by atoms with van der Waals surface area (Å²) < 4.78 is 27.5. The van der Waals surface area contributed by atoms with Crippen LogP contribution in [0.4, 0.5) is 10.8 Å². The van der Waals surface area contributed by atoms with Crippen LogP contribution in [0.15, 0.2) is 34.7 Å². The van der Waals surface area contributed by atoms with Gasteiger partial charge in [0.25, 0.3) is 10.0 Å². The minimum absolute atomic E-state index is 0.0568. The van der Waals surface area contributed by atoms with E-state index >= 15 is 0 Å². The Kier molecular flexibility index (Phi) is 4.80. The third-order valence-corrected chi connectivity index (χ3v) is 7.65. The van der Waals surface area contributed by atoms with Gasteiger partial charge in [0, 0.05) is 23.7 Å². The van der Waals surface area contributed by atoms with E-state index in [1.165, 1.54) is 55.3 Å². The third kappa shape index (κ3) is 3.52. The number of nitrogens with one attached hydrogen (secondary N) is 2. The SMILES string of the molecule is N#Cc1cc(S(=O)(=O)Nc2nccs2)ccc1NCC12CCCN1CCC2. The average molecular weight is 404 g/mol. The molecule has 2 aliphatic heterocycles. The van der Waals surface area contributed by atoms with Gasteiger partial charge in [0.1, 0.15) is 6.07 Å². The number of benzene rings is 1. The van der Waals surface area contributed by atoms with Crippen molar-refractivity contribution >= 4 is 32.2 Å². The number of rotatable bonds is 6. The number of nitriles is 1. The van der Waals surface area contributed by atoms with E-state index in [0.717, 1.165) is 19.6 Å². The second-order valence-electron chi connectivity index (χ2n) is 7.03. The number of sulfonamides is 1.